The average molecular weight is 514 g/mol. The minimum Gasteiger partial charge on any atom is -0.481 e. The number of furan rings is 1. The highest BCUT2D eigenvalue weighted by molar-refractivity contribution is 5.92. The Morgan fingerprint density at radius 3 is 2.61 bits per heavy atom. The first kappa shape index (κ1) is 25.8. The topological polar surface area (TPSA) is 66.2 Å². The van der Waals surface area contributed by atoms with Crippen molar-refractivity contribution in [1.29, 1.82) is 0 Å². The van der Waals surface area contributed by atoms with Crippen LogP contribution in [-0.4, -0.2) is 71.9 Å². The number of nitrogens with zero attached hydrogens (tertiary/aromatic N) is 3. The molecule has 0 bridgehead atoms. The van der Waals surface area contributed by atoms with Gasteiger partial charge in [-0.2, -0.15) is 0 Å². The number of hydrogen-bond acceptors (Lipinski definition) is 5. The summed E-state index contributed by atoms with van der Waals surface area (Å²) in [5, 5.41) is 0. The molecule has 7 heteroatoms. The Bertz CT molecular complexity index is 1290. The molecule has 2 amide bonds. The molecular formula is C31H35N3O4. The van der Waals surface area contributed by atoms with Gasteiger partial charge in [-0.05, 0) is 61.2 Å². The molecule has 0 aliphatic carbocycles. The minimum absolute atomic E-state index is 0.00849. The molecule has 1 fully saturated rings. The van der Waals surface area contributed by atoms with Crippen molar-refractivity contribution in [3.63, 3.8) is 0 Å². The van der Waals surface area contributed by atoms with Crippen LogP contribution in [0.4, 0.5) is 0 Å². The summed E-state index contributed by atoms with van der Waals surface area (Å²) in [7, 11) is 0. The molecule has 38 heavy (non-hydrogen) atoms. The lowest BCUT2D eigenvalue weighted by atomic mass is 9.87. The van der Waals surface area contributed by atoms with Gasteiger partial charge in [0.05, 0.1) is 12.3 Å². The lowest BCUT2D eigenvalue weighted by molar-refractivity contribution is -0.139. The second-order valence-electron chi connectivity index (χ2n) is 10.1. The SMILES string of the molecule is C=CCN1CCN(C(=O)C(C)Oc2ccc3c(c2)C(c2cccc(C)c2)N(C(=O)c2ccco2)CC3)CC1. The van der Waals surface area contributed by atoms with Gasteiger partial charge < -0.3 is 19.0 Å². The van der Waals surface area contributed by atoms with E-state index in [4.69, 9.17) is 9.15 Å². The van der Waals surface area contributed by atoms with Gasteiger partial charge in [0.15, 0.2) is 11.9 Å². The fourth-order valence-corrected chi connectivity index (χ4v) is 5.47. The molecule has 0 radical (unpaired) electrons. The summed E-state index contributed by atoms with van der Waals surface area (Å²) in [5.41, 5.74) is 4.34. The standard InChI is InChI=1S/C31H35N3O4/c1-4-13-32-15-17-33(18-16-32)30(35)23(3)38-26-11-10-24-12-14-34(31(36)28-9-6-19-37-28)29(27(24)21-26)25-8-5-7-22(2)20-25/h4-11,19-21,23,29H,1,12-18H2,2-3H3. The normalized spacial score (nSPS) is 18.5. The van der Waals surface area contributed by atoms with Crippen LogP contribution in [0.5, 0.6) is 5.75 Å². The van der Waals surface area contributed by atoms with Crippen molar-refractivity contribution in [2.24, 2.45) is 0 Å². The second kappa shape index (κ2) is 11.3. The van der Waals surface area contributed by atoms with E-state index in [1.165, 1.54) is 11.8 Å². The molecule has 1 aromatic heterocycles. The van der Waals surface area contributed by atoms with E-state index in [9.17, 15) is 9.59 Å². The predicted molar refractivity (Wildman–Crippen MR) is 146 cm³/mol. The number of aryl methyl sites for hydroxylation is 1. The van der Waals surface area contributed by atoms with Crippen molar-refractivity contribution in [3.05, 3.63) is 102 Å². The number of amides is 2. The molecule has 2 atom stereocenters. The Kier molecular flexibility index (Phi) is 7.65. The van der Waals surface area contributed by atoms with Gasteiger partial charge in [0.1, 0.15) is 5.75 Å². The van der Waals surface area contributed by atoms with Crippen molar-refractivity contribution < 1.29 is 18.7 Å². The highest BCUT2D eigenvalue weighted by Crippen LogP contribution is 2.38. The molecule has 5 rings (SSSR count). The molecule has 2 unspecified atom stereocenters. The van der Waals surface area contributed by atoms with Gasteiger partial charge in [-0.1, -0.05) is 42.0 Å². The predicted octanol–water partition coefficient (Wildman–Crippen LogP) is 4.47. The molecular weight excluding hydrogens is 478 g/mol. The second-order valence-corrected chi connectivity index (χ2v) is 10.1. The van der Waals surface area contributed by atoms with E-state index in [1.807, 2.05) is 41.0 Å². The fourth-order valence-electron chi connectivity index (χ4n) is 5.47. The summed E-state index contributed by atoms with van der Waals surface area (Å²) in [5.74, 6) is 0.800. The van der Waals surface area contributed by atoms with E-state index in [2.05, 4.69) is 42.7 Å². The van der Waals surface area contributed by atoms with E-state index in [1.54, 1.807) is 12.1 Å². The highest BCUT2D eigenvalue weighted by Gasteiger charge is 2.34. The minimum atomic E-state index is -0.610. The third-order valence-electron chi connectivity index (χ3n) is 7.43. The molecule has 0 saturated carbocycles. The number of piperazine rings is 1. The van der Waals surface area contributed by atoms with Crippen molar-refractivity contribution in [3.8, 4) is 5.75 Å². The largest absolute Gasteiger partial charge is 0.481 e. The third-order valence-corrected chi connectivity index (χ3v) is 7.43. The number of carbonyl (C=O) groups is 2. The maximum atomic E-state index is 13.5. The zero-order valence-electron chi connectivity index (χ0n) is 22.1. The van der Waals surface area contributed by atoms with Crippen LogP contribution in [0.3, 0.4) is 0 Å². The molecule has 2 aliphatic heterocycles. The van der Waals surface area contributed by atoms with Crippen LogP contribution in [0, 0.1) is 6.92 Å². The molecule has 3 aromatic rings. The van der Waals surface area contributed by atoms with Crippen LogP contribution in [0.25, 0.3) is 0 Å². The summed E-state index contributed by atoms with van der Waals surface area (Å²) >= 11 is 0. The zero-order chi connectivity index (χ0) is 26.6. The van der Waals surface area contributed by atoms with E-state index in [0.717, 1.165) is 42.7 Å². The van der Waals surface area contributed by atoms with Crippen molar-refractivity contribution >= 4 is 11.8 Å². The zero-order valence-corrected chi connectivity index (χ0v) is 22.1. The van der Waals surface area contributed by atoms with Crippen LogP contribution in [-0.2, 0) is 11.2 Å². The molecule has 7 nitrogen and oxygen atoms in total. The number of hydrogen-bond donors (Lipinski definition) is 0. The van der Waals surface area contributed by atoms with E-state index in [0.29, 0.717) is 31.1 Å². The Morgan fingerprint density at radius 1 is 1.08 bits per heavy atom. The van der Waals surface area contributed by atoms with Crippen LogP contribution >= 0.6 is 0 Å². The Balaban J connectivity index is 1.39. The first-order valence-electron chi connectivity index (χ1n) is 13.3. The van der Waals surface area contributed by atoms with Crippen LogP contribution in [0.1, 0.15) is 45.8 Å². The molecule has 1 saturated heterocycles. The van der Waals surface area contributed by atoms with E-state index >= 15 is 0 Å². The van der Waals surface area contributed by atoms with Crippen molar-refractivity contribution in [1.82, 2.24) is 14.7 Å². The molecule has 2 aliphatic rings. The van der Waals surface area contributed by atoms with Gasteiger partial charge in [0, 0.05) is 39.3 Å². The Morgan fingerprint density at radius 2 is 1.89 bits per heavy atom. The van der Waals surface area contributed by atoms with E-state index in [-0.39, 0.29) is 17.9 Å². The first-order valence-corrected chi connectivity index (χ1v) is 13.3. The van der Waals surface area contributed by atoms with Gasteiger partial charge in [0.25, 0.3) is 11.8 Å². The third kappa shape index (κ3) is 5.38. The number of benzene rings is 2. The van der Waals surface area contributed by atoms with E-state index < -0.39 is 6.10 Å². The fraction of sp³-hybridized carbons (Fsp3) is 0.355. The first-order chi connectivity index (χ1) is 18.4. The van der Waals surface area contributed by atoms with Gasteiger partial charge in [-0.25, -0.2) is 0 Å². The summed E-state index contributed by atoms with van der Waals surface area (Å²) in [4.78, 5) is 32.7. The smallest absolute Gasteiger partial charge is 0.290 e. The summed E-state index contributed by atoms with van der Waals surface area (Å²) < 4.78 is 11.7. The monoisotopic (exact) mass is 513 g/mol. The molecule has 2 aromatic carbocycles. The Hall–Kier alpha value is -3.84. The van der Waals surface area contributed by atoms with Crippen LogP contribution < -0.4 is 4.74 Å². The van der Waals surface area contributed by atoms with Crippen molar-refractivity contribution in [2.45, 2.75) is 32.4 Å². The molecule has 198 valence electrons. The lowest BCUT2D eigenvalue weighted by Crippen LogP contribution is -2.51. The summed E-state index contributed by atoms with van der Waals surface area (Å²) in [6, 6.07) is 17.4. The summed E-state index contributed by atoms with van der Waals surface area (Å²) in [6.45, 7) is 12.1. The Labute approximate surface area is 224 Å². The number of ether oxygens (including phenoxy) is 1. The maximum absolute atomic E-state index is 13.5. The quantitative estimate of drug-likeness (QED) is 0.436. The maximum Gasteiger partial charge on any atom is 0.290 e. The summed E-state index contributed by atoms with van der Waals surface area (Å²) in [6.07, 6.45) is 3.54. The molecule has 0 spiro atoms. The molecule has 3 heterocycles. The lowest BCUT2D eigenvalue weighted by Gasteiger charge is -2.38. The van der Waals surface area contributed by atoms with Gasteiger partial charge in [0.2, 0.25) is 0 Å². The molecule has 0 N–H and O–H groups in total. The highest BCUT2D eigenvalue weighted by atomic mass is 16.5. The number of fused-ring (bicyclic) bond motifs is 1. The average Bonchev–Trinajstić information content (AvgIpc) is 3.47. The number of rotatable bonds is 7. The van der Waals surface area contributed by atoms with Crippen LogP contribution in [0.2, 0.25) is 0 Å². The van der Waals surface area contributed by atoms with Gasteiger partial charge >= 0.3 is 0 Å². The van der Waals surface area contributed by atoms with Crippen molar-refractivity contribution in [2.75, 3.05) is 39.3 Å². The van der Waals surface area contributed by atoms with Gasteiger partial charge in [-0.15, -0.1) is 6.58 Å². The van der Waals surface area contributed by atoms with Gasteiger partial charge in [-0.3, -0.25) is 14.5 Å². The number of carbonyl (C=O) groups excluding carboxylic acids is 2. The van der Waals surface area contributed by atoms with Crippen LogP contribution in [0.15, 0.2) is 77.9 Å².